The van der Waals surface area contributed by atoms with E-state index in [9.17, 15) is 14.0 Å². The van der Waals surface area contributed by atoms with E-state index in [-0.39, 0.29) is 24.2 Å². The van der Waals surface area contributed by atoms with E-state index in [1.54, 1.807) is 4.90 Å². The number of ether oxygens (including phenoxy) is 2. The number of unbranched alkanes of at least 4 members (excludes halogenated alkanes) is 1. The van der Waals surface area contributed by atoms with Crippen LogP contribution in [0.25, 0.3) is 0 Å². The van der Waals surface area contributed by atoms with Crippen molar-refractivity contribution in [1.82, 2.24) is 4.90 Å². The molecule has 0 radical (unpaired) electrons. The summed E-state index contributed by atoms with van der Waals surface area (Å²) in [7, 11) is 0. The van der Waals surface area contributed by atoms with Gasteiger partial charge in [-0.2, -0.15) is 0 Å². The van der Waals surface area contributed by atoms with Crippen LogP contribution in [-0.4, -0.2) is 49.3 Å². The van der Waals surface area contributed by atoms with Gasteiger partial charge < -0.3 is 19.7 Å². The molecule has 2 rings (SSSR count). The molecule has 1 fully saturated rings. The van der Waals surface area contributed by atoms with E-state index in [2.05, 4.69) is 5.32 Å². The first-order valence-corrected chi connectivity index (χ1v) is 8.16. The summed E-state index contributed by atoms with van der Waals surface area (Å²) in [5, 5.41) is 2.69. The maximum atomic E-state index is 12.9. The maximum absolute atomic E-state index is 12.9. The second kappa shape index (κ2) is 9.22. The summed E-state index contributed by atoms with van der Waals surface area (Å²) in [6.07, 6.45) is 1.44. The molecule has 1 aromatic rings. The largest absolute Gasteiger partial charge is 0.449 e. The van der Waals surface area contributed by atoms with Crippen LogP contribution < -0.4 is 5.32 Å². The van der Waals surface area contributed by atoms with Gasteiger partial charge in [0.2, 0.25) is 5.91 Å². The maximum Gasteiger partial charge on any atom is 0.410 e. The minimum Gasteiger partial charge on any atom is -0.449 e. The second-order valence-electron chi connectivity index (χ2n) is 5.65. The number of carbonyl (C=O) groups excluding carboxylic acids is 2. The predicted molar refractivity (Wildman–Crippen MR) is 87.2 cm³/mol. The van der Waals surface area contributed by atoms with Crippen LogP contribution in [0, 0.1) is 5.82 Å². The van der Waals surface area contributed by atoms with E-state index in [0.717, 1.165) is 12.8 Å². The third-order valence-corrected chi connectivity index (χ3v) is 3.73. The van der Waals surface area contributed by atoms with Crippen LogP contribution in [0.5, 0.6) is 0 Å². The van der Waals surface area contributed by atoms with Crippen LogP contribution >= 0.6 is 0 Å². The molecule has 0 aliphatic carbocycles. The predicted octanol–water partition coefficient (Wildman–Crippen LogP) is 2.79. The molecule has 1 heterocycles. The number of benzene rings is 1. The molecule has 1 aliphatic rings. The van der Waals surface area contributed by atoms with Gasteiger partial charge in [-0.05, 0) is 30.7 Å². The Labute approximate surface area is 140 Å². The van der Waals surface area contributed by atoms with Crippen molar-refractivity contribution >= 4 is 17.7 Å². The molecule has 1 aromatic carbocycles. The van der Waals surface area contributed by atoms with Crippen molar-refractivity contribution < 1.29 is 23.5 Å². The highest BCUT2D eigenvalue weighted by atomic mass is 19.1. The molecule has 132 valence electrons. The molecule has 0 spiro atoms. The molecule has 1 N–H and O–H groups in total. The Hall–Kier alpha value is -2.15. The van der Waals surface area contributed by atoms with Gasteiger partial charge in [-0.3, -0.25) is 4.79 Å². The van der Waals surface area contributed by atoms with Crippen LogP contribution in [0.15, 0.2) is 24.3 Å². The van der Waals surface area contributed by atoms with Crippen LogP contribution in [0.1, 0.15) is 26.2 Å². The summed E-state index contributed by atoms with van der Waals surface area (Å²) in [5.41, 5.74) is 0.509. The molecule has 0 unspecified atom stereocenters. The minimum atomic E-state index is -0.411. The Balaban J connectivity index is 1.88. The summed E-state index contributed by atoms with van der Waals surface area (Å²) in [6.45, 7) is 3.52. The van der Waals surface area contributed by atoms with E-state index in [1.807, 2.05) is 6.92 Å². The highest BCUT2D eigenvalue weighted by Gasteiger charge is 2.30. The number of hydrogen-bond acceptors (Lipinski definition) is 4. The molecular weight excluding hydrogens is 315 g/mol. The Morgan fingerprint density at radius 3 is 2.83 bits per heavy atom. The number of hydrogen-bond donors (Lipinski definition) is 1. The molecule has 0 saturated carbocycles. The van der Waals surface area contributed by atoms with Gasteiger partial charge in [0, 0.05) is 18.7 Å². The number of rotatable bonds is 6. The highest BCUT2D eigenvalue weighted by Crippen LogP contribution is 2.15. The zero-order valence-corrected chi connectivity index (χ0v) is 13.8. The Morgan fingerprint density at radius 1 is 1.38 bits per heavy atom. The van der Waals surface area contributed by atoms with Crippen molar-refractivity contribution in [3.8, 4) is 0 Å². The van der Waals surface area contributed by atoms with Crippen molar-refractivity contribution in [2.24, 2.45) is 0 Å². The van der Waals surface area contributed by atoms with Gasteiger partial charge in [-0.15, -0.1) is 0 Å². The van der Waals surface area contributed by atoms with Gasteiger partial charge in [0.05, 0.1) is 25.9 Å². The zero-order valence-electron chi connectivity index (χ0n) is 13.8. The van der Waals surface area contributed by atoms with Crippen molar-refractivity contribution in [2.75, 3.05) is 31.7 Å². The first kappa shape index (κ1) is 18.2. The molecule has 1 aliphatic heterocycles. The standard InChI is InChI=1S/C17H23FN2O4/c1-2-3-9-24-17(22)20-8-10-23-12-15(20)11-16(21)19-14-6-4-13(18)5-7-14/h4-7,15H,2-3,8-12H2,1H3,(H,19,21)/t15-/m0/s1. The second-order valence-corrected chi connectivity index (χ2v) is 5.65. The van der Waals surface area contributed by atoms with Gasteiger partial charge in [-0.25, -0.2) is 9.18 Å². The van der Waals surface area contributed by atoms with E-state index in [4.69, 9.17) is 9.47 Å². The van der Waals surface area contributed by atoms with Gasteiger partial charge in [0.1, 0.15) is 5.82 Å². The quantitative estimate of drug-likeness (QED) is 0.810. The lowest BCUT2D eigenvalue weighted by Crippen LogP contribution is -2.50. The van der Waals surface area contributed by atoms with Crippen LogP contribution in [0.2, 0.25) is 0 Å². The van der Waals surface area contributed by atoms with Crippen molar-refractivity contribution in [2.45, 2.75) is 32.2 Å². The zero-order chi connectivity index (χ0) is 17.4. The molecule has 24 heavy (non-hydrogen) atoms. The lowest BCUT2D eigenvalue weighted by Gasteiger charge is -2.34. The fourth-order valence-corrected chi connectivity index (χ4v) is 2.41. The van der Waals surface area contributed by atoms with E-state index >= 15 is 0 Å². The topological polar surface area (TPSA) is 67.9 Å². The summed E-state index contributed by atoms with van der Waals surface area (Å²) in [6, 6.07) is 5.16. The lowest BCUT2D eigenvalue weighted by atomic mass is 10.1. The van der Waals surface area contributed by atoms with Gasteiger partial charge in [0.15, 0.2) is 0 Å². The first-order chi connectivity index (χ1) is 11.6. The first-order valence-electron chi connectivity index (χ1n) is 8.16. The van der Waals surface area contributed by atoms with Crippen molar-refractivity contribution in [3.63, 3.8) is 0 Å². The van der Waals surface area contributed by atoms with Crippen molar-refractivity contribution in [1.29, 1.82) is 0 Å². The normalized spacial score (nSPS) is 17.4. The van der Waals surface area contributed by atoms with Gasteiger partial charge >= 0.3 is 6.09 Å². The molecule has 1 atom stereocenters. The molecule has 0 aromatic heterocycles. The SMILES string of the molecule is CCCCOC(=O)N1CCOC[C@@H]1CC(=O)Nc1ccc(F)cc1. The fourth-order valence-electron chi connectivity index (χ4n) is 2.41. The Kier molecular flexibility index (Phi) is 6.99. The number of anilines is 1. The molecular formula is C17H23FN2O4. The van der Waals surface area contributed by atoms with Crippen molar-refractivity contribution in [3.05, 3.63) is 30.1 Å². The highest BCUT2D eigenvalue weighted by molar-refractivity contribution is 5.91. The lowest BCUT2D eigenvalue weighted by molar-refractivity contribution is -0.118. The summed E-state index contributed by atoms with van der Waals surface area (Å²) >= 11 is 0. The monoisotopic (exact) mass is 338 g/mol. The Bertz CT molecular complexity index is 550. The fraction of sp³-hybridized carbons (Fsp3) is 0.529. The van der Waals surface area contributed by atoms with Crippen LogP contribution in [0.3, 0.4) is 0 Å². The summed E-state index contributed by atoms with van der Waals surface area (Å²) in [4.78, 5) is 25.8. The molecule has 0 bridgehead atoms. The number of halogens is 1. The van der Waals surface area contributed by atoms with E-state index in [0.29, 0.717) is 32.1 Å². The summed E-state index contributed by atoms with van der Waals surface area (Å²) < 4.78 is 23.5. The van der Waals surface area contributed by atoms with Crippen LogP contribution in [0.4, 0.5) is 14.9 Å². The molecule has 2 amide bonds. The van der Waals surface area contributed by atoms with Crippen LogP contribution in [-0.2, 0) is 14.3 Å². The third-order valence-electron chi connectivity index (χ3n) is 3.73. The molecule has 6 nitrogen and oxygen atoms in total. The van der Waals surface area contributed by atoms with E-state index in [1.165, 1.54) is 24.3 Å². The van der Waals surface area contributed by atoms with Gasteiger partial charge in [-0.1, -0.05) is 13.3 Å². The smallest absolute Gasteiger partial charge is 0.410 e. The third kappa shape index (κ3) is 5.49. The number of morpholine rings is 1. The molecule has 7 heteroatoms. The number of nitrogens with zero attached hydrogens (tertiary/aromatic N) is 1. The summed E-state index contributed by atoms with van der Waals surface area (Å²) in [5.74, 6) is -0.627. The Morgan fingerprint density at radius 2 is 2.12 bits per heavy atom. The minimum absolute atomic E-state index is 0.0975. The average molecular weight is 338 g/mol. The molecule has 1 saturated heterocycles. The van der Waals surface area contributed by atoms with E-state index < -0.39 is 6.09 Å². The number of nitrogens with one attached hydrogen (secondary N) is 1. The average Bonchev–Trinajstić information content (AvgIpc) is 2.57. The number of amides is 2. The van der Waals surface area contributed by atoms with Gasteiger partial charge in [0.25, 0.3) is 0 Å². The number of carbonyl (C=O) groups is 2.